The molecule has 0 bridgehead atoms. The van der Waals surface area contributed by atoms with Gasteiger partial charge in [0.1, 0.15) is 6.04 Å². The van der Waals surface area contributed by atoms with Crippen LogP contribution in [0.2, 0.25) is 0 Å². The van der Waals surface area contributed by atoms with E-state index < -0.39 is 17.9 Å². The molecule has 1 unspecified atom stereocenters. The number of carbonyl (C=O) groups excluding carboxylic acids is 3. The van der Waals surface area contributed by atoms with Crippen LogP contribution in [-0.2, 0) is 20.8 Å². The summed E-state index contributed by atoms with van der Waals surface area (Å²) in [6.07, 6.45) is 0.596. The second kappa shape index (κ2) is 7.25. The molecule has 1 aromatic rings. The number of hydrogen-bond donors (Lipinski definition) is 3. The highest BCUT2D eigenvalue weighted by Gasteiger charge is 2.30. The maximum atomic E-state index is 12.1. The molecule has 7 heteroatoms. The Labute approximate surface area is 139 Å². The van der Waals surface area contributed by atoms with Crippen LogP contribution in [0.4, 0.5) is 0 Å². The monoisotopic (exact) mass is 332 g/mol. The van der Waals surface area contributed by atoms with Gasteiger partial charge in [-0.25, -0.2) is 4.79 Å². The third-order valence-corrected chi connectivity index (χ3v) is 3.98. The summed E-state index contributed by atoms with van der Waals surface area (Å²) in [6, 6.07) is 5.62. The zero-order chi connectivity index (χ0) is 17.9. The molecule has 0 spiro atoms. The van der Waals surface area contributed by atoms with E-state index >= 15 is 0 Å². The van der Waals surface area contributed by atoms with E-state index in [0.29, 0.717) is 12.0 Å². The first-order valence-electron chi connectivity index (χ1n) is 7.74. The molecule has 0 saturated carbocycles. The summed E-state index contributed by atoms with van der Waals surface area (Å²) in [5.74, 6) is -2.69. The van der Waals surface area contributed by atoms with Crippen LogP contribution in [0.15, 0.2) is 24.3 Å². The Morgan fingerprint density at radius 2 is 1.88 bits per heavy atom. The fourth-order valence-corrected chi connectivity index (χ4v) is 2.59. The van der Waals surface area contributed by atoms with Gasteiger partial charge in [-0.3, -0.25) is 19.7 Å². The molecule has 24 heavy (non-hydrogen) atoms. The average molecular weight is 332 g/mol. The fraction of sp³-hybridized carbons (Fsp3) is 0.412. The van der Waals surface area contributed by atoms with Crippen LogP contribution in [0.5, 0.6) is 0 Å². The van der Waals surface area contributed by atoms with Gasteiger partial charge >= 0.3 is 5.97 Å². The van der Waals surface area contributed by atoms with E-state index in [2.05, 4.69) is 10.6 Å². The molecule has 2 atom stereocenters. The second-order valence-electron chi connectivity index (χ2n) is 6.25. The topological polar surface area (TPSA) is 113 Å². The van der Waals surface area contributed by atoms with Crippen molar-refractivity contribution < 1.29 is 24.3 Å². The number of benzene rings is 1. The summed E-state index contributed by atoms with van der Waals surface area (Å²) >= 11 is 0. The van der Waals surface area contributed by atoms with Gasteiger partial charge in [-0.05, 0) is 30.0 Å². The predicted octanol–water partition coefficient (Wildman–Crippen LogP) is 0.731. The Morgan fingerprint density at radius 3 is 2.33 bits per heavy atom. The Morgan fingerprint density at radius 1 is 1.25 bits per heavy atom. The maximum absolute atomic E-state index is 12.1. The lowest BCUT2D eigenvalue weighted by Gasteiger charge is -2.18. The van der Waals surface area contributed by atoms with Crippen molar-refractivity contribution in [2.24, 2.45) is 11.8 Å². The molecule has 0 radical (unpaired) electrons. The standard InChI is InChI=1S/C17H20N2O5/c1-9(2)14(17(23)24)19-15(21)11-5-3-10(4-6-11)7-12-8-13(20)18-16(12)22/h3-6,9,12,14H,7-8H2,1-2H3,(H,19,21)(H,23,24)(H,18,20,22)/t12?,14-/m0/s1. The highest BCUT2D eigenvalue weighted by Crippen LogP contribution is 2.18. The zero-order valence-electron chi connectivity index (χ0n) is 13.5. The van der Waals surface area contributed by atoms with E-state index in [0.717, 1.165) is 5.56 Å². The lowest BCUT2D eigenvalue weighted by atomic mass is 9.97. The lowest BCUT2D eigenvalue weighted by molar-refractivity contribution is -0.140. The first kappa shape index (κ1) is 17.7. The van der Waals surface area contributed by atoms with Crippen LogP contribution >= 0.6 is 0 Å². The molecule has 0 aliphatic carbocycles. The van der Waals surface area contributed by atoms with Crippen molar-refractivity contribution in [1.82, 2.24) is 10.6 Å². The molecule has 1 saturated heterocycles. The number of carbonyl (C=O) groups is 4. The number of nitrogens with one attached hydrogen (secondary N) is 2. The Kier molecular flexibility index (Phi) is 5.33. The van der Waals surface area contributed by atoms with Crippen molar-refractivity contribution in [3.63, 3.8) is 0 Å². The number of rotatable bonds is 6. The number of carboxylic acid groups (broad SMARTS) is 1. The number of hydrogen-bond acceptors (Lipinski definition) is 4. The van der Waals surface area contributed by atoms with Crippen molar-refractivity contribution in [3.05, 3.63) is 35.4 Å². The Hall–Kier alpha value is -2.70. The Bertz CT molecular complexity index is 666. The van der Waals surface area contributed by atoms with Crippen LogP contribution in [0.1, 0.15) is 36.2 Å². The molecule has 3 N–H and O–H groups in total. The predicted molar refractivity (Wildman–Crippen MR) is 85.1 cm³/mol. The molecule has 3 amide bonds. The quantitative estimate of drug-likeness (QED) is 0.665. The van der Waals surface area contributed by atoms with E-state index in [9.17, 15) is 19.2 Å². The van der Waals surface area contributed by atoms with E-state index in [-0.39, 0.29) is 30.1 Å². The van der Waals surface area contributed by atoms with Gasteiger partial charge in [0.15, 0.2) is 0 Å². The van der Waals surface area contributed by atoms with Gasteiger partial charge in [0, 0.05) is 12.0 Å². The molecular weight excluding hydrogens is 312 g/mol. The van der Waals surface area contributed by atoms with Crippen LogP contribution in [0.25, 0.3) is 0 Å². The van der Waals surface area contributed by atoms with E-state index in [4.69, 9.17) is 5.11 Å². The molecule has 7 nitrogen and oxygen atoms in total. The van der Waals surface area contributed by atoms with E-state index in [1.165, 1.54) is 0 Å². The molecule has 0 aromatic heterocycles. The van der Waals surface area contributed by atoms with Crippen molar-refractivity contribution in [2.45, 2.75) is 32.7 Å². The van der Waals surface area contributed by atoms with Gasteiger partial charge in [-0.15, -0.1) is 0 Å². The molecule has 1 fully saturated rings. The van der Waals surface area contributed by atoms with Crippen LogP contribution in [0.3, 0.4) is 0 Å². The minimum Gasteiger partial charge on any atom is -0.480 e. The van der Waals surface area contributed by atoms with Gasteiger partial charge < -0.3 is 10.4 Å². The zero-order valence-corrected chi connectivity index (χ0v) is 13.5. The highest BCUT2D eigenvalue weighted by molar-refractivity contribution is 6.03. The summed E-state index contributed by atoms with van der Waals surface area (Å²) in [7, 11) is 0. The molecule has 128 valence electrons. The minimum atomic E-state index is -1.08. The summed E-state index contributed by atoms with van der Waals surface area (Å²) in [4.78, 5) is 46.0. The molecule has 1 aromatic carbocycles. The SMILES string of the molecule is CC(C)[C@H](NC(=O)c1ccc(CC2CC(=O)NC2=O)cc1)C(=O)O. The van der Waals surface area contributed by atoms with Crippen molar-refractivity contribution in [1.29, 1.82) is 0 Å². The van der Waals surface area contributed by atoms with Crippen molar-refractivity contribution in [2.75, 3.05) is 0 Å². The summed E-state index contributed by atoms with van der Waals surface area (Å²) in [6.45, 7) is 3.44. The Balaban J connectivity index is 2.01. The van der Waals surface area contributed by atoms with Crippen molar-refractivity contribution >= 4 is 23.7 Å². The van der Waals surface area contributed by atoms with Crippen LogP contribution < -0.4 is 10.6 Å². The largest absolute Gasteiger partial charge is 0.480 e. The van der Waals surface area contributed by atoms with Crippen molar-refractivity contribution in [3.8, 4) is 0 Å². The third kappa shape index (κ3) is 4.18. The van der Waals surface area contributed by atoms with Gasteiger partial charge in [0.25, 0.3) is 5.91 Å². The summed E-state index contributed by atoms with van der Waals surface area (Å²) in [5, 5.41) is 13.9. The molecule has 2 rings (SSSR count). The first-order valence-corrected chi connectivity index (χ1v) is 7.74. The third-order valence-electron chi connectivity index (χ3n) is 3.98. The number of aliphatic carboxylic acids is 1. The first-order chi connectivity index (χ1) is 11.3. The summed E-state index contributed by atoms with van der Waals surface area (Å²) < 4.78 is 0. The molecule has 1 aliphatic rings. The molecule has 1 heterocycles. The molecular formula is C17H20N2O5. The van der Waals surface area contributed by atoms with Gasteiger partial charge in [0.2, 0.25) is 11.8 Å². The average Bonchev–Trinajstić information content (AvgIpc) is 2.82. The van der Waals surface area contributed by atoms with Gasteiger partial charge in [-0.1, -0.05) is 26.0 Å². The van der Waals surface area contributed by atoms with E-state index in [1.807, 2.05) is 0 Å². The van der Waals surface area contributed by atoms with Gasteiger partial charge in [0.05, 0.1) is 5.92 Å². The lowest BCUT2D eigenvalue weighted by Crippen LogP contribution is -2.44. The smallest absolute Gasteiger partial charge is 0.326 e. The second-order valence-corrected chi connectivity index (χ2v) is 6.25. The molecule has 1 aliphatic heterocycles. The van der Waals surface area contributed by atoms with E-state index in [1.54, 1.807) is 38.1 Å². The number of amides is 3. The summed E-state index contributed by atoms with van der Waals surface area (Å²) in [5.41, 5.74) is 1.18. The normalized spacial score (nSPS) is 18.4. The highest BCUT2D eigenvalue weighted by atomic mass is 16.4. The number of carboxylic acids is 1. The fourth-order valence-electron chi connectivity index (χ4n) is 2.59. The number of imide groups is 1. The van der Waals surface area contributed by atoms with Crippen LogP contribution in [0, 0.1) is 11.8 Å². The van der Waals surface area contributed by atoms with Gasteiger partial charge in [-0.2, -0.15) is 0 Å². The minimum absolute atomic E-state index is 0.176. The maximum Gasteiger partial charge on any atom is 0.326 e. The van der Waals surface area contributed by atoms with Crippen LogP contribution in [-0.4, -0.2) is 34.8 Å².